The van der Waals surface area contributed by atoms with E-state index in [0.717, 1.165) is 37.9 Å². The van der Waals surface area contributed by atoms with Gasteiger partial charge in [0.2, 0.25) is 5.95 Å². The first-order chi connectivity index (χ1) is 10.7. The molecule has 0 amide bonds. The number of hydrogen-bond donors (Lipinski definition) is 0. The van der Waals surface area contributed by atoms with E-state index in [9.17, 15) is 4.39 Å². The van der Waals surface area contributed by atoms with Gasteiger partial charge in [0.05, 0.1) is 12.4 Å². The van der Waals surface area contributed by atoms with Crippen molar-refractivity contribution in [1.29, 1.82) is 0 Å². The molecule has 0 spiro atoms. The quantitative estimate of drug-likeness (QED) is 0.861. The third kappa shape index (κ3) is 3.47. The van der Waals surface area contributed by atoms with Gasteiger partial charge in [0.15, 0.2) is 5.82 Å². The minimum atomic E-state index is -0.422. The summed E-state index contributed by atoms with van der Waals surface area (Å²) in [5.74, 6) is 0.137. The van der Waals surface area contributed by atoms with Crippen molar-refractivity contribution in [1.82, 2.24) is 19.9 Å². The van der Waals surface area contributed by atoms with Gasteiger partial charge in [-0.05, 0) is 12.0 Å². The summed E-state index contributed by atoms with van der Waals surface area (Å²) in [5, 5.41) is 0. The zero-order chi connectivity index (χ0) is 15.4. The zero-order valence-corrected chi connectivity index (χ0v) is 12.4. The van der Waals surface area contributed by atoms with E-state index in [1.54, 1.807) is 12.4 Å². The Kier molecular flexibility index (Phi) is 4.41. The number of rotatable bonds is 4. The van der Waals surface area contributed by atoms with Crippen molar-refractivity contribution in [3.05, 3.63) is 36.2 Å². The molecule has 0 aliphatic carbocycles. The molecule has 1 saturated heterocycles. The molecule has 7 heteroatoms. The molecule has 1 fully saturated rings. The van der Waals surface area contributed by atoms with Gasteiger partial charge in [-0.2, -0.15) is 0 Å². The first kappa shape index (κ1) is 14.6. The molecule has 6 nitrogen and oxygen atoms in total. The lowest BCUT2D eigenvalue weighted by Crippen LogP contribution is -2.39. The lowest BCUT2D eigenvalue weighted by molar-refractivity contribution is 0.156. The molecule has 0 atom stereocenters. The van der Waals surface area contributed by atoms with Crippen LogP contribution in [0, 0.1) is 5.82 Å². The van der Waals surface area contributed by atoms with Crippen molar-refractivity contribution in [2.45, 2.75) is 32.3 Å². The number of piperidine rings is 1. The van der Waals surface area contributed by atoms with Crippen molar-refractivity contribution in [3.8, 4) is 6.01 Å². The Morgan fingerprint density at radius 2 is 1.73 bits per heavy atom. The van der Waals surface area contributed by atoms with E-state index in [0.29, 0.717) is 12.0 Å². The van der Waals surface area contributed by atoms with Gasteiger partial charge >= 0.3 is 6.01 Å². The summed E-state index contributed by atoms with van der Waals surface area (Å²) >= 11 is 0. The van der Waals surface area contributed by atoms with E-state index in [-0.39, 0.29) is 6.10 Å². The van der Waals surface area contributed by atoms with E-state index in [1.807, 2.05) is 4.90 Å². The highest BCUT2D eigenvalue weighted by molar-refractivity contribution is 5.29. The van der Waals surface area contributed by atoms with Gasteiger partial charge in [0.25, 0.3) is 0 Å². The highest BCUT2D eigenvalue weighted by Crippen LogP contribution is 2.19. The van der Waals surface area contributed by atoms with E-state index >= 15 is 0 Å². The largest absolute Gasteiger partial charge is 0.460 e. The predicted molar refractivity (Wildman–Crippen MR) is 79.3 cm³/mol. The molecule has 3 heterocycles. The zero-order valence-electron chi connectivity index (χ0n) is 12.4. The molecule has 116 valence electrons. The van der Waals surface area contributed by atoms with Crippen molar-refractivity contribution in [3.63, 3.8) is 0 Å². The van der Waals surface area contributed by atoms with Crippen LogP contribution < -0.4 is 9.64 Å². The summed E-state index contributed by atoms with van der Waals surface area (Å²) in [4.78, 5) is 18.5. The number of halogens is 1. The average molecular weight is 303 g/mol. The molecule has 0 N–H and O–H groups in total. The molecular weight excluding hydrogens is 285 g/mol. The Labute approximate surface area is 128 Å². The van der Waals surface area contributed by atoms with Gasteiger partial charge in [0, 0.05) is 38.3 Å². The number of ether oxygens (including phenoxy) is 1. The molecule has 0 bridgehead atoms. The topological polar surface area (TPSA) is 64.0 Å². The van der Waals surface area contributed by atoms with Crippen LogP contribution in [0.4, 0.5) is 10.3 Å². The molecule has 2 aromatic heterocycles. The summed E-state index contributed by atoms with van der Waals surface area (Å²) in [6.45, 7) is 3.60. The molecule has 22 heavy (non-hydrogen) atoms. The minimum absolute atomic E-state index is 0.0872. The molecule has 1 aliphatic rings. The van der Waals surface area contributed by atoms with Crippen LogP contribution in [0.1, 0.15) is 25.3 Å². The Morgan fingerprint density at radius 1 is 1.09 bits per heavy atom. The maximum Gasteiger partial charge on any atom is 0.316 e. The maximum atomic E-state index is 12.8. The Morgan fingerprint density at radius 3 is 2.32 bits per heavy atom. The van der Waals surface area contributed by atoms with Gasteiger partial charge in [-0.3, -0.25) is 0 Å². The minimum Gasteiger partial charge on any atom is -0.460 e. The second-order valence-electron chi connectivity index (χ2n) is 5.23. The number of nitrogens with zero attached hydrogens (tertiary/aromatic N) is 5. The van der Waals surface area contributed by atoms with Crippen molar-refractivity contribution in [2.75, 3.05) is 18.0 Å². The predicted octanol–water partition coefficient (Wildman–Crippen LogP) is 2.02. The fourth-order valence-corrected chi connectivity index (χ4v) is 2.38. The summed E-state index contributed by atoms with van der Waals surface area (Å²) in [5.41, 5.74) is 1.09. The monoisotopic (exact) mass is 303 g/mol. The number of anilines is 1. The number of aryl methyl sites for hydroxylation is 1. The molecule has 3 rings (SSSR count). The maximum absolute atomic E-state index is 12.8. The van der Waals surface area contributed by atoms with Crippen LogP contribution in [0.25, 0.3) is 0 Å². The van der Waals surface area contributed by atoms with Crippen LogP contribution in [0.3, 0.4) is 0 Å². The van der Waals surface area contributed by atoms with E-state index in [2.05, 4.69) is 26.9 Å². The molecule has 0 unspecified atom stereocenters. The molecule has 0 radical (unpaired) electrons. The fourth-order valence-electron chi connectivity index (χ4n) is 2.38. The smallest absolute Gasteiger partial charge is 0.316 e. The van der Waals surface area contributed by atoms with E-state index in [1.165, 1.54) is 12.4 Å². The lowest BCUT2D eigenvalue weighted by Gasteiger charge is -2.31. The van der Waals surface area contributed by atoms with Gasteiger partial charge in [-0.15, -0.1) is 0 Å². The Balaban J connectivity index is 1.53. The fraction of sp³-hybridized carbons (Fsp3) is 0.467. The van der Waals surface area contributed by atoms with Crippen LogP contribution in [-0.4, -0.2) is 39.1 Å². The van der Waals surface area contributed by atoms with Crippen LogP contribution >= 0.6 is 0 Å². The highest BCUT2D eigenvalue weighted by Gasteiger charge is 2.22. The van der Waals surface area contributed by atoms with Crippen LogP contribution in [0.5, 0.6) is 6.01 Å². The van der Waals surface area contributed by atoms with E-state index < -0.39 is 5.82 Å². The van der Waals surface area contributed by atoms with Gasteiger partial charge < -0.3 is 9.64 Å². The second-order valence-corrected chi connectivity index (χ2v) is 5.23. The van der Waals surface area contributed by atoms with Crippen molar-refractivity contribution < 1.29 is 9.13 Å². The normalized spacial score (nSPS) is 15.8. The molecular formula is C15H18FN5O. The number of aromatic nitrogens is 4. The Hall–Kier alpha value is -2.31. The first-order valence-corrected chi connectivity index (χ1v) is 7.44. The first-order valence-electron chi connectivity index (χ1n) is 7.44. The second kappa shape index (κ2) is 6.64. The molecule has 2 aromatic rings. The SMILES string of the molecule is CCc1cnc(OC2CCN(c3ncc(F)cn3)CC2)nc1. The van der Waals surface area contributed by atoms with Gasteiger partial charge in [0.1, 0.15) is 6.10 Å². The Bertz CT molecular complexity index is 596. The summed E-state index contributed by atoms with van der Waals surface area (Å²) in [7, 11) is 0. The van der Waals surface area contributed by atoms with Crippen LogP contribution in [0.15, 0.2) is 24.8 Å². The summed E-state index contributed by atoms with van der Waals surface area (Å²) < 4.78 is 18.6. The summed E-state index contributed by atoms with van der Waals surface area (Å²) in [6.07, 6.45) is 8.63. The lowest BCUT2D eigenvalue weighted by atomic mass is 10.1. The third-order valence-electron chi connectivity index (χ3n) is 3.69. The number of hydrogen-bond acceptors (Lipinski definition) is 6. The molecule has 0 aromatic carbocycles. The average Bonchev–Trinajstić information content (AvgIpc) is 2.57. The van der Waals surface area contributed by atoms with Crippen molar-refractivity contribution in [2.24, 2.45) is 0 Å². The van der Waals surface area contributed by atoms with Crippen LogP contribution in [0.2, 0.25) is 0 Å². The standard InChI is InChI=1S/C15H18FN5O/c1-2-11-7-19-15(20-8-11)22-13-3-5-21(6-4-13)14-17-9-12(16)10-18-14/h7-10,13H,2-6H2,1H3. The highest BCUT2D eigenvalue weighted by atomic mass is 19.1. The van der Waals surface area contributed by atoms with Gasteiger partial charge in [-0.25, -0.2) is 24.3 Å². The van der Waals surface area contributed by atoms with Crippen molar-refractivity contribution >= 4 is 5.95 Å². The third-order valence-corrected chi connectivity index (χ3v) is 3.69. The van der Waals surface area contributed by atoms with Gasteiger partial charge in [-0.1, -0.05) is 6.92 Å². The molecule has 1 aliphatic heterocycles. The summed E-state index contributed by atoms with van der Waals surface area (Å²) in [6, 6.07) is 0.425. The molecule has 0 saturated carbocycles. The van der Waals surface area contributed by atoms with Crippen LogP contribution in [-0.2, 0) is 6.42 Å². The van der Waals surface area contributed by atoms with E-state index in [4.69, 9.17) is 4.74 Å².